The maximum absolute atomic E-state index is 5.99. The van der Waals surface area contributed by atoms with E-state index >= 15 is 0 Å². The lowest BCUT2D eigenvalue weighted by molar-refractivity contribution is 0.197. The molecule has 2 aromatic carbocycles. The molecule has 166 valence electrons. The highest BCUT2D eigenvalue weighted by Crippen LogP contribution is 2.32. The lowest BCUT2D eigenvalue weighted by Gasteiger charge is -2.22. The Morgan fingerprint density at radius 2 is 1.88 bits per heavy atom. The molecular weight excluding hydrogens is 424 g/mol. The van der Waals surface area contributed by atoms with Crippen LogP contribution in [0.15, 0.2) is 54.9 Å². The molecule has 1 aliphatic carbocycles. The van der Waals surface area contributed by atoms with E-state index in [0.29, 0.717) is 11.8 Å². The number of tetrazole rings is 1. The molecule has 0 radical (unpaired) electrons. The van der Waals surface area contributed by atoms with Crippen LogP contribution in [0.5, 0.6) is 16.7 Å². The molecule has 8 nitrogen and oxygen atoms in total. The zero-order valence-corrected chi connectivity index (χ0v) is 18.7. The number of thiazole rings is 1. The molecule has 0 aliphatic heterocycles. The van der Waals surface area contributed by atoms with E-state index in [-0.39, 0.29) is 0 Å². The molecule has 5 rings (SSSR count). The molecule has 0 N–H and O–H groups in total. The molecule has 0 amide bonds. The topological polar surface area (TPSA) is 78.2 Å². The summed E-state index contributed by atoms with van der Waals surface area (Å²) in [6.07, 6.45) is 5.17. The number of aryl methyl sites for hydroxylation is 1. The fraction of sp³-hybridized carbons (Fsp3) is 0.391. The summed E-state index contributed by atoms with van der Waals surface area (Å²) in [4.78, 5) is 8.64. The SMILES string of the molecule is c1ccc2sc(Oc3ccc(OCCN(CCCn4ncnn4)CC4CC4)cc3)nc2c1. The van der Waals surface area contributed by atoms with Crippen LogP contribution in [0, 0.1) is 5.92 Å². The molecule has 2 heterocycles. The van der Waals surface area contributed by atoms with Crippen LogP contribution in [-0.2, 0) is 6.54 Å². The van der Waals surface area contributed by atoms with Crippen LogP contribution in [0.25, 0.3) is 10.2 Å². The van der Waals surface area contributed by atoms with Crippen LogP contribution in [0.4, 0.5) is 0 Å². The Labute approximate surface area is 190 Å². The minimum atomic E-state index is 0.650. The lowest BCUT2D eigenvalue weighted by Crippen LogP contribution is -2.32. The maximum Gasteiger partial charge on any atom is 0.279 e. The van der Waals surface area contributed by atoms with Gasteiger partial charge in [0.05, 0.1) is 16.8 Å². The van der Waals surface area contributed by atoms with Gasteiger partial charge < -0.3 is 9.47 Å². The molecule has 2 aromatic heterocycles. The fourth-order valence-corrected chi connectivity index (χ4v) is 4.41. The minimum Gasteiger partial charge on any atom is -0.492 e. The van der Waals surface area contributed by atoms with E-state index in [2.05, 4.69) is 31.4 Å². The first-order chi connectivity index (χ1) is 15.8. The zero-order chi connectivity index (χ0) is 21.6. The van der Waals surface area contributed by atoms with Crippen molar-refractivity contribution >= 4 is 21.6 Å². The second-order valence-corrected chi connectivity index (χ2v) is 8.99. The summed E-state index contributed by atoms with van der Waals surface area (Å²) in [6.45, 7) is 4.51. The molecule has 0 atom stereocenters. The van der Waals surface area contributed by atoms with Gasteiger partial charge in [0.1, 0.15) is 18.1 Å². The predicted molar refractivity (Wildman–Crippen MR) is 123 cm³/mol. The number of fused-ring (bicyclic) bond motifs is 1. The first-order valence-electron chi connectivity index (χ1n) is 11.0. The Morgan fingerprint density at radius 1 is 1.03 bits per heavy atom. The third kappa shape index (κ3) is 5.80. The van der Waals surface area contributed by atoms with Crippen molar-refractivity contribution in [1.82, 2.24) is 30.1 Å². The summed E-state index contributed by atoms with van der Waals surface area (Å²) in [5.74, 6) is 2.45. The van der Waals surface area contributed by atoms with Crippen molar-refractivity contribution in [3.05, 3.63) is 54.9 Å². The predicted octanol–water partition coefficient (Wildman–Crippen LogP) is 4.26. The molecule has 9 heteroatoms. The fourth-order valence-electron chi connectivity index (χ4n) is 3.58. The Bertz CT molecular complexity index is 1080. The lowest BCUT2D eigenvalue weighted by atomic mass is 10.3. The number of benzene rings is 2. The number of para-hydroxylation sites is 1. The highest BCUT2D eigenvalue weighted by molar-refractivity contribution is 7.20. The second kappa shape index (κ2) is 10.1. The highest BCUT2D eigenvalue weighted by Gasteiger charge is 2.24. The number of rotatable bonds is 12. The molecule has 0 unspecified atom stereocenters. The van der Waals surface area contributed by atoms with Gasteiger partial charge in [-0.2, -0.15) is 4.80 Å². The summed E-state index contributed by atoms with van der Waals surface area (Å²) in [6, 6.07) is 15.8. The smallest absolute Gasteiger partial charge is 0.279 e. The first-order valence-corrected chi connectivity index (χ1v) is 11.8. The van der Waals surface area contributed by atoms with Crippen molar-refractivity contribution < 1.29 is 9.47 Å². The number of aromatic nitrogens is 5. The van der Waals surface area contributed by atoms with E-state index in [4.69, 9.17) is 9.47 Å². The van der Waals surface area contributed by atoms with Gasteiger partial charge in [-0.05, 0) is 66.8 Å². The van der Waals surface area contributed by atoms with Gasteiger partial charge >= 0.3 is 0 Å². The first kappa shape index (κ1) is 20.8. The summed E-state index contributed by atoms with van der Waals surface area (Å²) in [5.41, 5.74) is 0.959. The van der Waals surface area contributed by atoms with Crippen LogP contribution in [0.2, 0.25) is 0 Å². The van der Waals surface area contributed by atoms with Crippen LogP contribution < -0.4 is 9.47 Å². The summed E-state index contributed by atoms with van der Waals surface area (Å²) in [5, 5.41) is 12.4. The molecule has 4 aromatic rings. The van der Waals surface area contributed by atoms with Crippen LogP contribution in [0.1, 0.15) is 19.3 Å². The maximum atomic E-state index is 5.99. The van der Waals surface area contributed by atoms with Gasteiger partial charge in [-0.3, -0.25) is 4.90 Å². The van der Waals surface area contributed by atoms with Crippen molar-refractivity contribution in [3.63, 3.8) is 0 Å². The standard InChI is InChI=1S/C23H26N6O2S/c1-2-5-22-21(4-1)26-23(32-22)31-20-10-8-19(9-11-20)30-15-14-28(16-18-6-7-18)12-3-13-29-25-17-24-27-29/h1-2,4-5,8-11,17-18H,3,6-7,12-16H2. The zero-order valence-electron chi connectivity index (χ0n) is 17.8. The molecule has 0 spiro atoms. The number of ether oxygens (including phenoxy) is 2. The summed E-state index contributed by atoms with van der Waals surface area (Å²) >= 11 is 1.55. The van der Waals surface area contributed by atoms with Crippen molar-refractivity contribution in [2.24, 2.45) is 5.92 Å². The van der Waals surface area contributed by atoms with Gasteiger partial charge in [0.15, 0.2) is 6.33 Å². The molecule has 1 saturated carbocycles. The van der Waals surface area contributed by atoms with E-state index < -0.39 is 0 Å². The quantitative estimate of drug-likeness (QED) is 0.319. The van der Waals surface area contributed by atoms with E-state index in [0.717, 1.165) is 60.2 Å². The summed E-state index contributed by atoms with van der Waals surface area (Å²) in [7, 11) is 0. The van der Waals surface area contributed by atoms with E-state index in [9.17, 15) is 0 Å². The molecule has 0 bridgehead atoms. The molecule has 0 saturated heterocycles. The van der Waals surface area contributed by atoms with Gasteiger partial charge in [0.2, 0.25) is 0 Å². The van der Waals surface area contributed by atoms with Crippen molar-refractivity contribution in [3.8, 4) is 16.7 Å². The monoisotopic (exact) mass is 450 g/mol. The van der Waals surface area contributed by atoms with E-state index in [1.165, 1.54) is 19.2 Å². The Hall–Kier alpha value is -3.04. The highest BCUT2D eigenvalue weighted by atomic mass is 32.1. The van der Waals surface area contributed by atoms with Crippen LogP contribution >= 0.6 is 11.3 Å². The average molecular weight is 451 g/mol. The van der Waals surface area contributed by atoms with Crippen molar-refractivity contribution in [2.45, 2.75) is 25.8 Å². The van der Waals surface area contributed by atoms with Crippen LogP contribution in [0.3, 0.4) is 0 Å². The molecule has 1 fully saturated rings. The average Bonchev–Trinajstić information content (AvgIpc) is 3.30. The molecular formula is C23H26N6O2S. The van der Waals surface area contributed by atoms with Gasteiger partial charge in [0, 0.05) is 19.6 Å². The van der Waals surface area contributed by atoms with E-state index in [1.807, 2.05) is 42.5 Å². The summed E-state index contributed by atoms with van der Waals surface area (Å²) < 4.78 is 13.0. The third-order valence-corrected chi connectivity index (χ3v) is 6.33. The normalized spacial score (nSPS) is 13.7. The number of hydrogen-bond acceptors (Lipinski definition) is 8. The largest absolute Gasteiger partial charge is 0.492 e. The number of nitrogens with zero attached hydrogens (tertiary/aromatic N) is 6. The molecule has 1 aliphatic rings. The third-order valence-electron chi connectivity index (χ3n) is 5.42. The second-order valence-electron chi connectivity index (χ2n) is 8.00. The number of hydrogen-bond donors (Lipinski definition) is 0. The van der Waals surface area contributed by atoms with Gasteiger partial charge in [-0.1, -0.05) is 23.5 Å². The van der Waals surface area contributed by atoms with E-state index in [1.54, 1.807) is 16.1 Å². The van der Waals surface area contributed by atoms with Gasteiger partial charge in [-0.15, -0.1) is 10.2 Å². The van der Waals surface area contributed by atoms with Crippen molar-refractivity contribution in [1.29, 1.82) is 0 Å². The van der Waals surface area contributed by atoms with Gasteiger partial charge in [0.25, 0.3) is 5.19 Å². The minimum absolute atomic E-state index is 0.650. The van der Waals surface area contributed by atoms with Crippen LogP contribution in [-0.4, -0.2) is 56.3 Å². The Morgan fingerprint density at radius 3 is 2.66 bits per heavy atom. The Balaban J connectivity index is 1.08. The molecule has 32 heavy (non-hydrogen) atoms. The van der Waals surface area contributed by atoms with Crippen molar-refractivity contribution in [2.75, 3.05) is 26.2 Å². The Kier molecular flexibility index (Phi) is 6.55. The van der Waals surface area contributed by atoms with Gasteiger partial charge in [-0.25, -0.2) is 4.98 Å².